The fourth-order valence-corrected chi connectivity index (χ4v) is 1.57. The zero-order valence-electron chi connectivity index (χ0n) is 10.8. The van der Waals surface area contributed by atoms with Gasteiger partial charge >= 0.3 is 0 Å². The van der Waals surface area contributed by atoms with Gasteiger partial charge in [-0.25, -0.2) is 0 Å². The summed E-state index contributed by atoms with van der Waals surface area (Å²) in [5.41, 5.74) is 0.888. The zero-order chi connectivity index (χ0) is 13.3. The molecule has 0 aromatic heterocycles. The first-order valence-corrected chi connectivity index (χ1v) is 6.40. The molecule has 0 saturated carbocycles. The molecule has 0 spiro atoms. The van der Waals surface area contributed by atoms with Gasteiger partial charge in [-0.05, 0) is 18.2 Å². The van der Waals surface area contributed by atoms with E-state index < -0.39 is 0 Å². The van der Waals surface area contributed by atoms with Crippen molar-refractivity contribution in [3.63, 3.8) is 0 Å². The third-order valence-corrected chi connectivity index (χ3v) is 2.62. The number of aliphatic hydroxyl groups is 1. The zero-order valence-corrected chi connectivity index (χ0v) is 10.8. The topological polar surface area (TPSA) is 47.9 Å². The van der Waals surface area contributed by atoms with Crippen molar-refractivity contribution < 1.29 is 19.3 Å². The van der Waals surface area contributed by atoms with Crippen LogP contribution in [0, 0.1) is 11.8 Å². The molecule has 0 atom stereocenters. The van der Waals surface area contributed by atoms with E-state index in [0.29, 0.717) is 32.8 Å². The predicted octanol–water partition coefficient (Wildman–Crippen LogP) is 1.21. The molecule has 1 aliphatic heterocycles. The Hall–Kier alpha value is -1.54. The van der Waals surface area contributed by atoms with Crippen molar-refractivity contribution in [3.8, 4) is 17.6 Å². The number of benzene rings is 1. The summed E-state index contributed by atoms with van der Waals surface area (Å²) in [4.78, 5) is 0. The van der Waals surface area contributed by atoms with Crippen LogP contribution in [-0.4, -0.2) is 44.2 Å². The van der Waals surface area contributed by atoms with Crippen molar-refractivity contribution in [2.75, 3.05) is 33.0 Å². The molecule has 1 aliphatic rings. The van der Waals surface area contributed by atoms with Gasteiger partial charge in [0, 0.05) is 12.0 Å². The van der Waals surface area contributed by atoms with Crippen LogP contribution >= 0.6 is 0 Å². The highest BCUT2D eigenvalue weighted by molar-refractivity contribution is 5.39. The van der Waals surface area contributed by atoms with Gasteiger partial charge in [-0.3, -0.25) is 0 Å². The van der Waals surface area contributed by atoms with E-state index in [4.69, 9.17) is 19.3 Å². The summed E-state index contributed by atoms with van der Waals surface area (Å²) in [5, 5.41) is 8.66. The Kier molecular flexibility index (Phi) is 5.70. The van der Waals surface area contributed by atoms with E-state index in [-0.39, 0.29) is 12.7 Å². The maximum absolute atomic E-state index is 8.66. The maximum atomic E-state index is 8.66. The van der Waals surface area contributed by atoms with Crippen LogP contribution in [0.3, 0.4) is 0 Å². The molecule has 1 heterocycles. The largest absolute Gasteiger partial charge is 0.491 e. The van der Waals surface area contributed by atoms with Crippen molar-refractivity contribution in [3.05, 3.63) is 29.8 Å². The van der Waals surface area contributed by atoms with Gasteiger partial charge in [-0.1, -0.05) is 17.9 Å². The number of rotatable bonds is 6. The smallest absolute Gasteiger partial charge is 0.120 e. The Morgan fingerprint density at radius 3 is 2.95 bits per heavy atom. The summed E-state index contributed by atoms with van der Waals surface area (Å²) in [5.74, 6) is 6.64. The Balaban J connectivity index is 1.73. The van der Waals surface area contributed by atoms with Crippen LogP contribution in [0.15, 0.2) is 24.3 Å². The van der Waals surface area contributed by atoms with Gasteiger partial charge in [0.15, 0.2) is 0 Å². The van der Waals surface area contributed by atoms with Gasteiger partial charge in [0.25, 0.3) is 0 Å². The summed E-state index contributed by atoms with van der Waals surface area (Å²) < 4.78 is 16.1. The average molecular weight is 262 g/mol. The molecule has 4 nitrogen and oxygen atoms in total. The first kappa shape index (κ1) is 13.9. The van der Waals surface area contributed by atoms with Gasteiger partial charge in [-0.2, -0.15) is 0 Å². The lowest BCUT2D eigenvalue weighted by Crippen LogP contribution is -2.37. The molecule has 0 amide bonds. The molecule has 0 aliphatic carbocycles. The molecule has 1 N–H and O–H groups in total. The van der Waals surface area contributed by atoms with Crippen molar-refractivity contribution in [1.29, 1.82) is 0 Å². The van der Waals surface area contributed by atoms with Crippen LogP contribution in [0.25, 0.3) is 0 Å². The van der Waals surface area contributed by atoms with Crippen molar-refractivity contribution in [2.24, 2.45) is 0 Å². The number of ether oxygens (including phenoxy) is 3. The highest BCUT2D eigenvalue weighted by atomic mass is 16.6. The highest BCUT2D eigenvalue weighted by Gasteiger charge is 2.18. The Morgan fingerprint density at radius 2 is 2.21 bits per heavy atom. The molecule has 0 radical (unpaired) electrons. The van der Waals surface area contributed by atoms with Gasteiger partial charge in [0.05, 0.1) is 26.4 Å². The normalized spacial score (nSPS) is 14.4. The number of aliphatic hydroxyl groups excluding tert-OH is 1. The molecule has 102 valence electrons. The average Bonchev–Trinajstić information content (AvgIpc) is 2.37. The number of hydrogen-bond acceptors (Lipinski definition) is 4. The second kappa shape index (κ2) is 7.80. The minimum atomic E-state index is 0.0887. The third-order valence-electron chi connectivity index (χ3n) is 2.62. The molecule has 1 aromatic carbocycles. The fourth-order valence-electron chi connectivity index (χ4n) is 1.57. The van der Waals surface area contributed by atoms with E-state index in [2.05, 4.69) is 11.8 Å². The van der Waals surface area contributed by atoms with Gasteiger partial charge < -0.3 is 19.3 Å². The van der Waals surface area contributed by atoms with E-state index in [1.807, 2.05) is 24.3 Å². The Morgan fingerprint density at radius 1 is 1.32 bits per heavy atom. The Bertz CT molecular complexity index is 443. The van der Waals surface area contributed by atoms with Crippen LogP contribution in [-0.2, 0) is 9.47 Å². The van der Waals surface area contributed by atoms with Gasteiger partial charge in [0.2, 0.25) is 0 Å². The lowest BCUT2D eigenvalue weighted by Gasteiger charge is -2.25. The van der Waals surface area contributed by atoms with Crippen LogP contribution < -0.4 is 4.74 Å². The SMILES string of the molecule is OCCC#Cc1cccc(OCCOC2COC2)c1. The van der Waals surface area contributed by atoms with Crippen LogP contribution in [0.4, 0.5) is 0 Å². The van der Waals surface area contributed by atoms with Crippen molar-refractivity contribution in [1.82, 2.24) is 0 Å². The number of hydrogen-bond donors (Lipinski definition) is 1. The quantitative estimate of drug-likeness (QED) is 0.618. The summed E-state index contributed by atoms with van der Waals surface area (Å²) in [6, 6.07) is 7.60. The van der Waals surface area contributed by atoms with Gasteiger partial charge in [0.1, 0.15) is 18.5 Å². The minimum absolute atomic E-state index is 0.0887. The molecule has 0 unspecified atom stereocenters. The molecule has 1 fully saturated rings. The standard InChI is InChI=1S/C15H18O4/c16-7-2-1-4-13-5-3-6-14(10-13)18-8-9-19-15-11-17-12-15/h3,5-6,10,15-16H,2,7-9,11-12H2. The van der Waals surface area contributed by atoms with E-state index in [1.54, 1.807) is 0 Å². The summed E-state index contributed by atoms with van der Waals surface area (Å²) in [6.07, 6.45) is 0.724. The fraction of sp³-hybridized carbons (Fsp3) is 0.467. The second-order valence-corrected chi connectivity index (χ2v) is 4.18. The summed E-state index contributed by atoms with van der Waals surface area (Å²) in [7, 11) is 0. The van der Waals surface area contributed by atoms with E-state index in [1.165, 1.54) is 0 Å². The van der Waals surface area contributed by atoms with E-state index >= 15 is 0 Å². The Labute approximate surface area is 113 Å². The molecular weight excluding hydrogens is 244 g/mol. The monoisotopic (exact) mass is 262 g/mol. The molecule has 1 saturated heterocycles. The second-order valence-electron chi connectivity index (χ2n) is 4.18. The molecule has 1 aromatic rings. The third kappa shape index (κ3) is 4.92. The van der Waals surface area contributed by atoms with Crippen LogP contribution in [0.5, 0.6) is 5.75 Å². The first-order valence-electron chi connectivity index (χ1n) is 6.40. The van der Waals surface area contributed by atoms with E-state index in [9.17, 15) is 0 Å². The van der Waals surface area contributed by atoms with Gasteiger partial charge in [-0.15, -0.1) is 0 Å². The minimum Gasteiger partial charge on any atom is -0.491 e. The lowest BCUT2D eigenvalue weighted by molar-refractivity contribution is -0.132. The molecule has 0 bridgehead atoms. The van der Waals surface area contributed by atoms with Crippen LogP contribution in [0.1, 0.15) is 12.0 Å². The van der Waals surface area contributed by atoms with Crippen molar-refractivity contribution >= 4 is 0 Å². The summed E-state index contributed by atoms with van der Waals surface area (Å²) >= 11 is 0. The molecule has 19 heavy (non-hydrogen) atoms. The molecule has 2 rings (SSSR count). The highest BCUT2D eigenvalue weighted by Crippen LogP contribution is 2.13. The van der Waals surface area contributed by atoms with E-state index in [0.717, 1.165) is 11.3 Å². The molecule has 4 heteroatoms. The first-order chi connectivity index (χ1) is 9.38. The lowest BCUT2D eigenvalue weighted by atomic mass is 10.2. The molecular formula is C15H18O4. The maximum Gasteiger partial charge on any atom is 0.120 e. The predicted molar refractivity (Wildman–Crippen MR) is 71.1 cm³/mol. The summed E-state index contributed by atoms with van der Waals surface area (Å²) in [6.45, 7) is 2.55. The van der Waals surface area contributed by atoms with Crippen molar-refractivity contribution in [2.45, 2.75) is 12.5 Å². The van der Waals surface area contributed by atoms with Crippen LogP contribution in [0.2, 0.25) is 0 Å².